The maximum absolute atomic E-state index is 12.9. The highest BCUT2D eigenvalue weighted by atomic mass is 35.5. The molecule has 0 aliphatic heterocycles. The van der Waals surface area contributed by atoms with Crippen molar-refractivity contribution in [2.45, 2.75) is 18.7 Å². The molecular weight excluding hydrogens is 365 g/mol. The molecule has 0 saturated heterocycles. The van der Waals surface area contributed by atoms with Gasteiger partial charge in [-0.2, -0.15) is 0 Å². The minimum atomic E-state index is -3.84. The molecule has 2 rings (SSSR count). The Labute approximate surface area is 145 Å². The topological polar surface area (TPSA) is 37.4 Å². The zero-order valence-corrected chi connectivity index (χ0v) is 15.1. The second-order valence-corrected chi connectivity index (χ2v) is 7.71. The van der Waals surface area contributed by atoms with E-state index >= 15 is 0 Å². The number of hydrogen-bond acceptors (Lipinski definition) is 2. The van der Waals surface area contributed by atoms with Crippen molar-refractivity contribution in [3.63, 3.8) is 0 Å². The van der Waals surface area contributed by atoms with Gasteiger partial charge in [-0.25, -0.2) is 8.42 Å². The highest BCUT2D eigenvalue weighted by molar-refractivity contribution is 7.93. The van der Waals surface area contributed by atoms with E-state index in [4.69, 9.17) is 34.8 Å². The van der Waals surface area contributed by atoms with Crippen LogP contribution >= 0.6 is 34.8 Å². The van der Waals surface area contributed by atoms with Crippen molar-refractivity contribution >= 4 is 50.5 Å². The molecule has 0 amide bonds. The van der Waals surface area contributed by atoms with Gasteiger partial charge in [0.15, 0.2) is 0 Å². The quantitative estimate of drug-likeness (QED) is 0.736. The van der Waals surface area contributed by atoms with Crippen molar-refractivity contribution in [2.75, 3.05) is 10.8 Å². The van der Waals surface area contributed by atoms with Crippen molar-refractivity contribution in [1.82, 2.24) is 0 Å². The zero-order chi connectivity index (χ0) is 16.5. The predicted molar refractivity (Wildman–Crippen MR) is 92.9 cm³/mol. The van der Waals surface area contributed by atoms with Crippen LogP contribution in [0.25, 0.3) is 0 Å². The minimum Gasteiger partial charge on any atom is -0.266 e. The molecule has 2 aromatic rings. The lowest BCUT2D eigenvalue weighted by Gasteiger charge is -2.25. The zero-order valence-electron chi connectivity index (χ0n) is 12.0. The average molecular weight is 379 g/mol. The van der Waals surface area contributed by atoms with Gasteiger partial charge < -0.3 is 0 Å². The summed E-state index contributed by atoms with van der Waals surface area (Å²) in [6, 6.07) is 9.50. The third-order valence-corrected chi connectivity index (χ3v) is 6.27. The monoisotopic (exact) mass is 377 g/mol. The molecule has 0 aromatic heterocycles. The molecular formula is C15H14Cl3NO2S. The molecule has 0 saturated carbocycles. The summed E-state index contributed by atoms with van der Waals surface area (Å²) in [7, 11) is -3.84. The Morgan fingerprint density at radius 3 is 2.36 bits per heavy atom. The first-order chi connectivity index (χ1) is 10.3. The highest BCUT2D eigenvalue weighted by Gasteiger charge is 2.27. The molecule has 0 aliphatic carbocycles. The van der Waals surface area contributed by atoms with Crippen molar-refractivity contribution < 1.29 is 8.42 Å². The van der Waals surface area contributed by atoms with Crippen molar-refractivity contribution in [1.29, 1.82) is 0 Å². The number of nitrogens with zero attached hydrogens (tertiary/aromatic N) is 1. The molecule has 2 aromatic carbocycles. The number of sulfonamides is 1. The number of hydrogen-bond donors (Lipinski definition) is 0. The lowest BCUT2D eigenvalue weighted by molar-refractivity contribution is 0.592. The third-order valence-electron chi connectivity index (χ3n) is 3.26. The molecule has 0 unspecified atom stereocenters. The van der Waals surface area contributed by atoms with Crippen molar-refractivity contribution in [2.24, 2.45) is 0 Å². The lowest BCUT2D eigenvalue weighted by Crippen LogP contribution is -2.31. The Morgan fingerprint density at radius 2 is 1.73 bits per heavy atom. The van der Waals surface area contributed by atoms with Crippen molar-refractivity contribution in [3.05, 3.63) is 57.0 Å². The van der Waals surface area contributed by atoms with Gasteiger partial charge in [-0.1, -0.05) is 40.9 Å². The van der Waals surface area contributed by atoms with E-state index in [0.717, 1.165) is 0 Å². The molecule has 0 spiro atoms. The average Bonchev–Trinajstić information content (AvgIpc) is 2.46. The fraction of sp³-hybridized carbons (Fsp3) is 0.200. The smallest absolute Gasteiger partial charge is 0.265 e. The molecule has 0 heterocycles. The van der Waals surface area contributed by atoms with Crippen LogP contribution in [0.1, 0.15) is 12.5 Å². The standard InChI is InChI=1S/C15H14Cl3NO2S/c1-3-19(14-6-4-5-12(17)10(14)2)22(20,21)15-9-11(16)7-8-13(15)18/h4-9H,3H2,1-2H3. The van der Waals surface area contributed by atoms with Gasteiger partial charge in [0.2, 0.25) is 0 Å². The Morgan fingerprint density at radius 1 is 1.05 bits per heavy atom. The predicted octanol–water partition coefficient (Wildman–Crippen LogP) is 5.17. The number of benzene rings is 2. The van der Waals surface area contributed by atoms with Gasteiger partial charge in [0.1, 0.15) is 4.90 Å². The first kappa shape index (κ1) is 17.4. The molecule has 118 valence electrons. The van der Waals surface area contributed by atoms with E-state index in [1.807, 2.05) is 0 Å². The van der Waals surface area contributed by atoms with E-state index in [9.17, 15) is 8.42 Å². The fourth-order valence-electron chi connectivity index (χ4n) is 2.13. The minimum absolute atomic E-state index is 0.0251. The summed E-state index contributed by atoms with van der Waals surface area (Å²) < 4.78 is 27.1. The summed E-state index contributed by atoms with van der Waals surface area (Å²) in [6.07, 6.45) is 0. The summed E-state index contributed by atoms with van der Waals surface area (Å²) in [5, 5.41) is 0.938. The SMILES string of the molecule is CCN(c1cccc(Cl)c1C)S(=O)(=O)c1cc(Cl)ccc1Cl. The van der Waals surface area contributed by atoms with Crippen LogP contribution in [-0.2, 0) is 10.0 Å². The van der Waals surface area contributed by atoms with Gasteiger partial charge in [-0.15, -0.1) is 0 Å². The summed E-state index contributed by atoms with van der Waals surface area (Å²) in [5.41, 5.74) is 1.21. The van der Waals surface area contributed by atoms with Crippen LogP contribution in [0.4, 0.5) is 5.69 Å². The lowest BCUT2D eigenvalue weighted by atomic mass is 10.2. The van der Waals surface area contributed by atoms with E-state index in [1.54, 1.807) is 38.1 Å². The van der Waals surface area contributed by atoms with E-state index < -0.39 is 10.0 Å². The Bertz CT molecular complexity index is 806. The van der Waals surface area contributed by atoms with E-state index in [2.05, 4.69) is 0 Å². The van der Waals surface area contributed by atoms with Crippen LogP contribution in [0.3, 0.4) is 0 Å². The molecule has 0 aliphatic rings. The van der Waals surface area contributed by atoms with Crippen LogP contribution < -0.4 is 4.31 Å². The molecule has 0 radical (unpaired) electrons. The summed E-state index contributed by atoms with van der Waals surface area (Å²) in [4.78, 5) is -0.0251. The Balaban J connectivity index is 2.64. The Hall–Kier alpha value is -0.940. The fourth-order valence-corrected chi connectivity index (χ4v) is 4.57. The first-order valence-corrected chi connectivity index (χ1v) is 9.09. The molecule has 0 fully saturated rings. The van der Waals surface area contributed by atoms with Crippen LogP contribution in [-0.4, -0.2) is 15.0 Å². The van der Waals surface area contributed by atoms with E-state index in [1.165, 1.54) is 16.4 Å². The molecule has 0 atom stereocenters. The molecule has 0 bridgehead atoms. The van der Waals surface area contributed by atoms with Gasteiger partial charge in [0.05, 0.1) is 10.7 Å². The van der Waals surface area contributed by atoms with E-state index in [0.29, 0.717) is 21.3 Å². The highest BCUT2D eigenvalue weighted by Crippen LogP contribution is 2.33. The number of rotatable bonds is 4. The largest absolute Gasteiger partial charge is 0.266 e. The molecule has 7 heteroatoms. The third kappa shape index (κ3) is 3.20. The normalized spacial score (nSPS) is 11.5. The van der Waals surface area contributed by atoms with Gasteiger partial charge >= 0.3 is 0 Å². The van der Waals surface area contributed by atoms with Gasteiger partial charge in [0.25, 0.3) is 10.0 Å². The molecule has 22 heavy (non-hydrogen) atoms. The maximum atomic E-state index is 12.9. The van der Waals surface area contributed by atoms with Gasteiger partial charge in [-0.3, -0.25) is 4.31 Å². The first-order valence-electron chi connectivity index (χ1n) is 6.52. The van der Waals surface area contributed by atoms with Crippen LogP contribution in [0.5, 0.6) is 0 Å². The number of anilines is 1. The summed E-state index contributed by atoms with van der Waals surface area (Å²) >= 11 is 18.1. The van der Waals surface area contributed by atoms with Crippen molar-refractivity contribution in [3.8, 4) is 0 Å². The van der Waals surface area contributed by atoms with Crippen LogP contribution in [0, 0.1) is 6.92 Å². The Kier molecular flexibility index (Phi) is 5.28. The van der Waals surface area contributed by atoms with E-state index in [-0.39, 0.29) is 16.5 Å². The van der Waals surface area contributed by atoms with Crippen LogP contribution in [0.15, 0.2) is 41.3 Å². The molecule has 0 N–H and O–H groups in total. The second-order valence-electron chi connectivity index (χ2n) is 4.63. The summed E-state index contributed by atoms with van der Waals surface area (Å²) in [6.45, 7) is 3.76. The molecule has 3 nitrogen and oxygen atoms in total. The number of halogens is 3. The van der Waals surface area contributed by atoms with Crippen LogP contribution in [0.2, 0.25) is 15.1 Å². The second kappa shape index (κ2) is 6.67. The van der Waals surface area contributed by atoms with Gasteiger partial charge in [-0.05, 0) is 49.7 Å². The van der Waals surface area contributed by atoms with Gasteiger partial charge in [0, 0.05) is 16.6 Å². The summed E-state index contributed by atoms with van der Waals surface area (Å²) in [5.74, 6) is 0. The maximum Gasteiger partial charge on any atom is 0.265 e.